The molecule has 19 heavy (non-hydrogen) atoms. The third-order valence-corrected chi connectivity index (χ3v) is 3.28. The predicted molar refractivity (Wildman–Crippen MR) is 71.0 cm³/mol. The van der Waals surface area contributed by atoms with Crippen LogP contribution in [0.1, 0.15) is 25.1 Å². The van der Waals surface area contributed by atoms with E-state index >= 15 is 0 Å². The molecule has 0 radical (unpaired) electrons. The summed E-state index contributed by atoms with van der Waals surface area (Å²) in [5.74, 6) is 0.635. The van der Waals surface area contributed by atoms with Crippen LogP contribution in [0.5, 0.6) is 0 Å². The summed E-state index contributed by atoms with van der Waals surface area (Å²) in [5.41, 5.74) is 0.725. The Balaban J connectivity index is 2.03. The minimum absolute atomic E-state index is 0.120. The van der Waals surface area contributed by atoms with Crippen molar-refractivity contribution in [2.75, 3.05) is 6.54 Å². The topological polar surface area (TPSA) is 25.2 Å². The van der Waals surface area contributed by atoms with Crippen molar-refractivity contribution in [1.29, 1.82) is 0 Å². The van der Waals surface area contributed by atoms with Gasteiger partial charge in [-0.25, -0.2) is 0 Å². The van der Waals surface area contributed by atoms with Crippen molar-refractivity contribution in [2.24, 2.45) is 0 Å². The molecule has 6 heteroatoms. The summed E-state index contributed by atoms with van der Waals surface area (Å²) in [4.78, 5) is 0. The van der Waals surface area contributed by atoms with Crippen LogP contribution in [0.3, 0.4) is 0 Å². The van der Waals surface area contributed by atoms with E-state index in [-0.39, 0.29) is 12.6 Å². The second-order valence-electron chi connectivity index (χ2n) is 4.37. The van der Waals surface area contributed by atoms with Crippen molar-refractivity contribution in [3.05, 3.63) is 34.5 Å². The normalized spacial score (nSPS) is 13.9. The van der Waals surface area contributed by atoms with E-state index in [4.69, 9.17) is 4.42 Å². The molecule has 0 aliphatic rings. The number of furan rings is 1. The molecule has 0 aliphatic heterocycles. The van der Waals surface area contributed by atoms with Gasteiger partial charge in [-0.1, -0.05) is 15.9 Å². The summed E-state index contributed by atoms with van der Waals surface area (Å²) in [5, 5.41) is 3.73. The highest BCUT2D eigenvalue weighted by Crippen LogP contribution is 2.27. The lowest BCUT2D eigenvalue weighted by molar-refractivity contribution is -0.133. The average Bonchev–Trinajstić information content (AvgIpc) is 2.70. The molecule has 104 valence electrons. The van der Waals surface area contributed by atoms with Gasteiger partial charge >= 0.3 is 6.18 Å². The third kappa shape index (κ3) is 3.98. The lowest BCUT2D eigenvalue weighted by Gasteiger charge is -2.12. The lowest BCUT2D eigenvalue weighted by atomic mass is 10.2. The fourth-order valence-electron chi connectivity index (χ4n) is 1.78. The molecule has 1 aromatic carbocycles. The van der Waals surface area contributed by atoms with Crippen molar-refractivity contribution < 1.29 is 17.6 Å². The maximum atomic E-state index is 12.1. The van der Waals surface area contributed by atoms with Gasteiger partial charge in [0.2, 0.25) is 0 Å². The lowest BCUT2D eigenvalue weighted by Crippen LogP contribution is -2.24. The van der Waals surface area contributed by atoms with Crippen LogP contribution in [0.4, 0.5) is 13.2 Å². The highest BCUT2D eigenvalue weighted by molar-refractivity contribution is 9.10. The van der Waals surface area contributed by atoms with Crippen LogP contribution in [-0.2, 0) is 0 Å². The van der Waals surface area contributed by atoms with Gasteiger partial charge in [0, 0.05) is 16.4 Å². The predicted octanol–water partition coefficient (Wildman–Crippen LogP) is 4.80. The van der Waals surface area contributed by atoms with E-state index in [2.05, 4.69) is 21.2 Å². The molecule has 1 atom stereocenters. The first kappa shape index (κ1) is 14.4. The molecular formula is C13H13BrF3NO. The Morgan fingerprint density at radius 3 is 2.74 bits per heavy atom. The SMILES string of the molecule is CC(NCCC(F)(F)F)c1cc2cc(Br)ccc2o1. The first-order valence-corrected chi connectivity index (χ1v) is 6.63. The standard InChI is InChI=1S/C13H13BrF3NO/c1-8(18-5-4-13(15,16)17)12-7-9-6-10(14)2-3-11(9)19-12/h2-3,6-8,18H,4-5H2,1H3. The number of benzene rings is 1. The smallest absolute Gasteiger partial charge is 0.390 e. The number of halogens is 4. The molecular weight excluding hydrogens is 323 g/mol. The monoisotopic (exact) mass is 335 g/mol. The third-order valence-electron chi connectivity index (χ3n) is 2.78. The van der Waals surface area contributed by atoms with Crippen LogP contribution in [0.25, 0.3) is 11.0 Å². The molecule has 1 N–H and O–H groups in total. The van der Waals surface area contributed by atoms with E-state index in [1.807, 2.05) is 24.3 Å². The zero-order valence-electron chi connectivity index (χ0n) is 10.2. The summed E-state index contributed by atoms with van der Waals surface area (Å²) >= 11 is 3.36. The summed E-state index contributed by atoms with van der Waals surface area (Å²) in [6.45, 7) is 1.66. The highest BCUT2D eigenvalue weighted by Gasteiger charge is 2.26. The van der Waals surface area contributed by atoms with E-state index in [1.54, 1.807) is 6.92 Å². The van der Waals surface area contributed by atoms with Crippen molar-refractivity contribution in [3.63, 3.8) is 0 Å². The minimum Gasteiger partial charge on any atom is -0.459 e. The Hall–Kier alpha value is -1.01. The number of hydrogen-bond donors (Lipinski definition) is 1. The van der Waals surface area contributed by atoms with Gasteiger partial charge in [-0.3, -0.25) is 0 Å². The van der Waals surface area contributed by atoms with Crippen LogP contribution in [0.2, 0.25) is 0 Å². The summed E-state index contributed by atoms with van der Waals surface area (Å²) in [6.07, 6.45) is -4.98. The molecule has 2 rings (SSSR count). The van der Waals surface area contributed by atoms with Gasteiger partial charge in [0.1, 0.15) is 11.3 Å². The molecule has 0 saturated heterocycles. The van der Waals surface area contributed by atoms with Crippen LogP contribution in [-0.4, -0.2) is 12.7 Å². The van der Waals surface area contributed by atoms with Crippen LogP contribution < -0.4 is 5.32 Å². The molecule has 0 amide bonds. The average molecular weight is 336 g/mol. The summed E-state index contributed by atoms with van der Waals surface area (Å²) < 4.78 is 42.7. The Labute approximate surface area is 117 Å². The summed E-state index contributed by atoms with van der Waals surface area (Å²) in [7, 11) is 0. The Kier molecular flexibility index (Phi) is 4.20. The van der Waals surface area contributed by atoms with E-state index in [0.717, 1.165) is 15.4 Å². The molecule has 0 bridgehead atoms. The maximum absolute atomic E-state index is 12.1. The molecule has 0 saturated carbocycles. The van der Waals surface area contributed by atoms with E-state index in [0.29, 0.717) is 5.76 Å². The largest absolute Gasteiger partial charge is 0.459 e. The fraction of sp³-hybridized carbons (Fsp3) is 0.385. The fourth-order valence-corrected chi connectivity index (χ4v) is 2.16. The molecule has 2 nitrogen and oxygen atoms in total. The molecule has 0 aliphatic carbocycles. The Bertz CT molecular complexity index is 565. The van der Waals surface area contributed by atoms with Crippen LogP contribution in [0.15, 0.2) is 33.2 Å². The first-order valence-electron chi connectivity index (χ1n) is 5.84. The Morgan fingerprint density at radius 1 is 1.32 bits per heavy atom. The first-order chi connectivity index (χ1) is 8.85. The second-order valence-corrected chi connectivity index (χ2v) is 5.29. The van der Waals surface area contributed by atoms with Crippen LogP contribution in [0, 0.1) is 0 Å². The van der Waals surface area contributed by atoms with Crippen molar-refractivity contribution >= 4 is 26.9 Å². The van der Waals surface area contributed by atoms with Crippen molar-refractivity contribution in [1.82, 2.24) is 5.32 Å². The van der Waals surface area contributed by atoms with Crippen molar-refractivity contribution in [2.45, 2.75) is 25.6 Å². The maximum Gasteiger partial charge on any atom is 0.390 e. The number of fused-ring (bicyclic) bond motifs is 1. The molecule has 1 unspecified atom stereocenters. The van der Waals surface area contributed by atoms with Gasteiger partial charge in [0.05, 0.1) is 12.5 Å². The molecule has 2 aromatic rings. The molecule has 1 aromatic heterocycles. The quantitative estimate of drug-likeness (QED) is 0.868. The van der Waals surface area contributed by atoms with E-state index < -0.39 is 12.6 Å². The van der Waals surface area contributed by atoms with Crippen molar-refractivity contribution in [3.8, 4) is 0 Å². The molecule has 0 spiro atoms. The van der Waals surface area contributed by atoms with Gasteiger partial charge in [0.25, 0.3) is 0 Å². The number of alkyl halides is 3. The number of hydrogen-bond acceptors (Lipinski definition) is 2. The second kappa shape index (κ2) is 5.54. The molecule has 1 heterocycles. The minimum atomic E-state index is -4.13. The number of nitrogens with one attached hydrogen (secondary N) is 1. The van der Waals surface area contributed by atoms with Gasteiger partial charge in [-0.05, 0) is 31.2 Å². The molecule has 0 fully saturated rings. The van der Waals surface area contributed by atoms with E-state index in [9.17, 15) is 13.2 Å². The van der Waals surface area contributed by atoms with Gasteiger partial charge in [0.15, 0.2) is 0 Å². The Morgan fingerprint density at radius 2 is 2.05 bits per heavy atom. The van der Waals surface area contributed by atoms with Gasteiger partial charge in [-0.15, -0.1) is 0 Å². The summed E-state index contributed by atoms with van der Waals surface area (Å²) in [6, 6.07) is 7.17. The van der Waals surface area contributed by atoms with Crippen LogP contribution >= 0.6 is 15.9 Å². The van der Waals surface area contributed by atoms with Gasteiger partial charge < -0.3 is 9.73 Å². The van der Waals surface area contributed by atoms with Gasteiger partial charge in [-0.2, -0.15) is 13.2 Å². The zero-order valence-corrected chi connectivity index (χ0v) is 11.8. The van der Waals surface area contributed by atoms with E-state index in [1.165, 1.54) is 0 Å². The zero-order chi connectivity index (χ0) is 14.0. The highest BCUT2D eigenvalue weighted by atomic mass is 79.9. The number of rotatable bonds is 4.